The van der Waals surface area contributed by atoms with Crippen molar-refractivity contribution in [2.45, 2.75) is 17.1 Å². The monoisotopic (exact) mass is 276 g/mol. The summed E-state index contributed by atoms with van der Waals surface area (Å²) in [6.45, 7) is 1.65. The molecule has 2 aromatic rings. The highest BCUT2D eigenvalue weighted by atomic mass is 32.2. The summed E-state index contributed by atoms with van der Waals surface area (Å²) in [6, 6.07) is 13.8. The minimum atomic E-state index is -0.834. The Balaban J connectivity index is 2.17. The summed E-state index contributed by atoms with van der Waals surface area (Å²) >= 11 is 1.29. The Morgan fingerprint density at radius 1 is 1.16 bits per heavy atom. The van der Waals surface area contributed by atoms with E-state index in [1.807, 2.05) is 30.3 Å². The summed E-state index contributed by atoms with van der Waals surface area (Å²) in [5.41, 5.74) is 1.72. The average molecular weight is 276 g/mol. The number of rotatable bonds is 4. The van der Waals surface area contributed by atoms with Crippen molar-refractivity contribution in [3.05, 3.63) is 54.3 Å². The Hall–Kier alpha value is -1.81. The van der Waals surface area contributed by atoms with Crippen molar-refractivity contribution in [2.24, 2.45) is 0 Å². The number of carboxylic acids is 1. The first-order valence-electron chi connectivity index (χ1n) is 5.82. The molecule has 0 bridgehead atoms. The lowest BCUT2D eigenvalue weighted by Gasteiger charge is -2.07. The molecule has 4 heteroatoms. The van der Waals surface area contributed by atoms with Gasteiger partial charge in [-0.05, 0) is 42.3 Å². The standard InChI is InChI=1S/C15H13FO2S/c1-10(15(17)18)19-14-7-5-11(6-8-14)12-3-2-4-13(16)9-12/h2-10H,1H3,(H,17,18). The van der Waals surface area contributed by atoms with E-state index in [0.29, 0.717) is 0 Å². The van der Waals surface area contributed by atoms with Crippen LogP contribution in [0.1, 0.15) is 6.92 Å². The van der Waals surface area contributed by atoms with Crippen molar-refractivity contribution in [1.29, 1.82) is 0 Å². The second-order valence-electron chi connectivity index (χ2n) is 4.13. The second-order valence-corrected chi connectivity index (χ2v) is 5.55. The van der Waals surface area contributed by atoms with Crippen LogP contribution in [0, 0.1) is 5.82 Å². The maximum atomic E-state index is 13.1. The molecule has 19 heavy (non-hydrogen) atoms. The van der Waals surface area contributed by atoms with Crippen LogP contribution in [0.15, 0.2) is 53.4 Å². The number of carboxylic acid groups (broad SMARTS) is 1. The zero-order chi connectivity index (χ0) is 13.8. The molecule has 2 rings (SSSR count). The molecule has 2 aromatic carbocycles. The molecule has 0 saturated carbocycles. The predicted molar refractivity (Wildman–Crippen MR) is 74.8 cm³/mol. The topological polar surface area (TPSA) is 37.3 Å². The lowest BCUT2D eigenvalue weighted by Crippen LogP contribution is -2.10. The zero-order valence-corrected chi connectivity index (χ0v) is 11.2. The number of thioether (sulfide) groups is 1. The van der Waals surface area contributed by atoms with Crippen LogP contribution >= 0.6 is 11.8 Å². The smallest absolute Gasteiger partial charge is 0.316 e. The molecule has 0 fully saturated rings. The Kier molecular flexibility index (Phi) is 4.22. The molecule has 1 unspecified atom stereocenters. The first-order chi connectivity index (χ1) is 9.06. The molecule has 98 valence electrons. The fourth-order valence-electron chi connectivity index (χ4n) is 1.65. The summed E-state index contributed by atoms with van der Waals surface area (Å²) in [4.78, 5) is 11.7. The van der Waals surface area contributed by atoms with E-state index < -0.39 is 11.2 Å². The predicted octanol–water partition coefficient (Wildman–Crippen LogP) is 4.06. The van der Waals surface area contributed by atoms with Crippen LogP contribution in [0.2, 0.25) is 0 Å². The summed E-state index contributed by atoms with van der Waals surface area (Å²) in [5, 5.41) is 8.36. The largest absolute Gasteiger partial charge is 0.480 e. The second kappa shape index (κ2) is 5.89. The molecule has 0 aliphatic heterocycles. The first kappa shape index (κ1) is 13.6. The molecule has 0 radical (unpaired) electrons. The molecular weight excluding hydrogens is 263 g/mol. The van der Waals surface area contributed by atoms with Gasteiger partial charge in [0.05, 0.1) is 0 Å². The fourth-order valence-corrected chi connectivity index (χ4v) is 2.45. The molecule has 1 N–H and O–H groups in total. The van der Waals surface area contributed by atoms with Crippen molar-refractivity contribution < 1.29 is 14.3 Å². The Morgan fingerprint density at radius 2 is 1.84 bits per heavy atom. The molecular formula is C15H13FO2S. The van der Waals surface area contributed by atoms with Gasteiger partial charge < -0.3 is 5.11 Å². The van der Waals surface area contributed by atoms with Crippen LogP contribution in [0.25, 0.3) is 11.1 Å². The highest BCUT2D eigenvalue weighted by molar-refractivity contribution is 8.00. The van der Waals surface area contributed by atoms with Gasteiger partial charge in [-0.25, -0.2) is 4.39 Å². The van der Waals surface area contributed by atoms with E-state index in [2.05, 4.69) is 0 Å². The third-order valence-corrected chi connectivity index (χ3v) is 3.77. The minimum absolute atomic E-state index is 0.268. The first-order valence-corrected chi connectivity index (χ1v) is 6.69. The van der Waals surface area contributed by atoms with Crippen molar-refractivity contribution in [3.63, 3.8) is 0 Å². The fraction of sp³-hybridized carbons (Fsp3) is 0.133. The number of hydrogen-bond acceptors (Lipinski definition) is 2. The lowest BCUT2D eigenvalue weighted by molar-refractivity contribution is -0.136. The van der Waals surface area contributed by atoms with Gasteiger partial charge in [0.25, 0.3) is 0 Å². The van der Waals surface area contributed by atoms with Crippen LogP contribution in [0.5, 0.6) is 0 Å². The van der Waals surface area contributed by atoms with E-state index in [1.165, 1.54) is 23.9 Å². The van der Waals surface area contributed by atoms with E-state index >= 15 is 0 Å². The van der Waals surface area contributed by atoms with Gasteiger partial charge in [-0.1, -0.05) is 24.3 Å². The zero-order valence-electron chi connectivity index (χ0n) is 10.3. The average Bonchev–Trinajstić information content (AvgIpc) is 2.39. The van der Waals surface area contributed by atoms with Crippen molar-refractivity contribution in [3.8, 4) is 11.1 Å². The maximum Gasteiger partial charge on any atom is 0.316 e. The molecule has 0 saturated heterocycles. The van der Waals surface area contributed by atoms with Gasteiger partial charge in [0, 0.05) is 4.90 Å². The SMILES string of the molecule is CC(Sc1ccc(-c2cccc(F)c2)cc1)C(=O)O. The van der Waals surface area contributed by atoms with Crippen molar-refractivity contribution in [1.82, 2.24) is 0 Å². The van der Waals surface area contributed by atoms with E-state index in [4.69, 9.17) is 5.11 Å². The van der Waals surface area contributed by atoms with Gasteiger partial charge in [0.2, 0.25) is 0 Å². The third kappa shape index (κ3) is 3.58. The van der Waals surface area contributed by atoms with Gasteiger partial charge in [-0.3, -0.25) is 4.79 Å². The lowest BCUT2D eigenvalue weighted by atomic mass is 10.1. The van der Waals surface area contributed by atoms with E-state index in [1.54, 1.807) is 13.0 Å². The molecule has 1 atom stereocenters. The number of halogens is 1. The quantitative estimate of drug-likeness (QED) is 0.856. The molecule has 0 heterocycles. The van der Waals surface area contributed by atoms with Crippen LogP contribution in [-0.2, 0) is 4.79 Å². The molecule has 0 aromatic heterocycles. The minimum Gasteiger partial charge on any atom is -0.480 e. The number of hydrogen-bond donors (Lipinski definition) is 1. The molecule has 0 amide bonds. The third-order valence-electron chi connectivity index (χ3n) is 2.67. The van der Waals surface area contributed by atoms with Gasteiger partial charge >= 0.3 is 5.97 Å². The summed E-state index contributed by atoms with van der Waals surface area (Å²) in [6.07, 6.45) is 0. The number of aliphatic carboxylic acids is 1. The van der Waals surface area contributed by atoms with Gasteiger partial charge in [0.15, 0.2) is 0 Å². The number of carbonyl (C=O) groups is 1. The Labute approximate surface area is 115 Å². The molecule has 0 aliphatic carbocycles. The van der Waals surface area contributed by atoms with Gasteiger partial charge in [0.1, 0.15) is 11.1 Å². The summed E-state index contributed by atoms with van der Waals surface area (Å²) in [7, 11) is 0. The van der Waals surface area contributed by atoms with Crippen LogP contribution in [-0.4, -0.2) is 16.3 Å². The van der Waals surface area contributed by atoms with Crippen molar-refractivity contribution in [2.75, 3.05) is 0 Å². The van der Waals surface area contributed by atoms with E-state index in [9.17, 15) is 9.18 Å². The molecule has 2 nitrogen and oxygen atoms in total. The number of benzene rings is 2. The van der Waals surface area contributed by atoms with E-state index in [-0.39, 0.29) is 5.82 Å². The van der Waals surface area contributed by atoms with Crippen LogP contribution < -0.4 is 0 Å². The van der Waals surface area contributed by atoms with Crippen LogP contribution in [0.3, 0.4) is 0 Å². The highest BCUT2D eigenvalue weighted by Crippen LogP contribution is 2.27. The van der Waals surface area contributed by atoms with E-state index in [0.717, 1.165) is 16.0 Å². The van der Waals surface area contributed by atoms with Gasteiger partial charge in [-0.15, -0.1) is 11.8 Å². The highest BCUT2D eigenvalue weighted by Gasteiger charge is 2.12. The Morgan fingerprint density at radius 3 is 2.42 bits per heavy atom. The summed E-state index contributed by atoms with van der Waals surface area (Å²) < 4.78 is 13.1. The Bertz CT molecular complexity index is 581. The van der Waals surface area contributed by atoms with Crippen molar-refractivity contribution >= 4 is 17.7 Å². The summed E-state index contributed by atoms with van der Waals surface area (Å²) in [5.74, 6) is -1.10. The van der Waals surface area contributed by atoms with Gasteiger partial charge in [-0.2, -0.15) is 0 Å². The normalized spacial score (nSPS) is 12.1. The molecule has 0 spiro atoms. The van der Waals surface area contributed by atoms with Crippen LogP contribution in [0.4, 0.5) is 4.39 Å². The maximum absolute atomic E-state index is 13.1. The molecule has 0 aliphatic rings.